The van der Waals surface area contributed by atoms with Gasteiger partial charge in [0.15, 0.2) is 11.5 Å². The largest absolute Gasteiger partial charge is 0.454 e. The summed E-state index contributed by atoms with van der Waals surface area (Å²) in [5, 5.41) is 2.30. The number of hydrogen-bond donors (Lipinski definition) is 1. The van der Waals surface area contributed by atoms with Gasteiger partial charge in [0.25, 0.3) is 0 Å². The van der Waals surface area contributed by atoms with Crippen molar-refractivity contribution in [2.45, 2.75) is 12.6 Å². The quantitative estimate of drug-likeness (QED) is 0.938. The lowest BCUT2D eigenvalue weighted by molar-refractivity contribution is -0.137. The maximum absolute atomic E-state index is 12.9. The summed E-state index contributed by atoms with van der Waals surface area (Å²) in [6.07, 6.45) is -4.59. The van der Waals surface area contributed by atoms with Crippen molar-refractivity contribution in [2.75, 3.05) is 12.1 Å². The SMILES string of the molecule is O=C(Cc1ccc2c(c1)OCO2)Nc1ccccc1C(F)(F)F. The molecule has 3 rings (SSSR count). The van der Waals surface area contributed by atoms with E-state index in [1.807, 2.05) is 0 Å². The van der Waals surface area contributed by atoms with Crippen molar-refractivity contribution in [1.82, 2.24) is 0 Å². The number of alkyl halides is 3. The second-order valence-corrected chi connectivity index (χ2v) is 4.96. The van der Waals surface area contributed by atoms with Gasteiger partial charge in [0.2, 0.25) is 12.7 Å². The normalized spacial score (nSPS) is 13.0. The van der Waals surface area contributed by atoms with Crippen LogP contribution in [-0.2, 0) is 17.4 Å². The van der Waals surface area contributed by atoms with E-state index in [-0.39, 0.29) is 18.9 Å². The first kappa shape index (κ1) is 15.2. The third-order valence-corrected chi connectivity index (χ3v) is 3.31. The Morgan fingerprint density at radius 1 is 1.09 bits per heavy atom. The van der Waals surface area contributed by atoms with E-state index >= 15 is 0 Å². The van der Waals surface area contributed by atoms with E-state index in [2.05, 4.69) is 5.32 Å². The smallest absolute Gasteiger partial charge is 0.418 e. The molecule has 0 spiro atoms. The number of hydrogen-bond acceptors (Lipinski definition) is 3. The van der Waals surface area contributed by atoms with E-state index in [1.54, 1.807) is 18.2 Å². The summed E-state index contributed by atoms with van der Waals surface area (Å²) >= 11 is 0. The van der Waals surface area contributed by atoms with E-state index in [0.29, 0.717) is 17.1 Å². The topological polar surface area (TPSA) is 47.6 Å². The van der Waals surface area contributed by atoms with Crippen LogP contribution in [0.4, 0.5) is 18.9 Å². The molecule has 1 heterocycles. The maximum Gasteiger partial charge on any atom is 0.418 e. The molecule has 0 atom stereocenters. The molecule has 0 bridgehead atoms. The third-order valence-electron chi connectivity index (χ3n) is 3.31. The fourth-order valence-electron chi connectivity index (χ4n) is 2.27. The molecule has 0 unspecified atom stereocenters. The van der Waals surface area contributed by atoms with Gasteiger partial charge in [-0.3, -0.25) is 4.79 Å². The Morgan fingerprint density at radius 2 is 1.83 bits per heavy atom. The van der Waals surface area contributed by atoms with E-state index in [1.165, 1.54) is 18.2 Å². The summed E-state index contributed by atoms with van der Waals surface area (Å²) in [7, 11) is 0. The van der Waals surface area contributed by atoms with Gasteiger partial charge in [-0.05, 0) is 29.8 Å². The van der Waals surface area contributed by atoms with E-state index in [9.17, 15) is 18.0 Å². The minimum absolute atomic E-state index is 0.0666. The fraction of sp³-hybridized carbons (Fsp3) is 0.188. The van der Waals surface area contributed by atoms with Crippen LogP contribution in [0.5, 0.6) is 11.5 Å². The molecule has 1 aliphatic heterocycles. The van der Waals surface area contributed by atoms with E-state index < -0.39 is 17.6 Å². The Hall–Kier alpha value is -2.70. The minimum Gasteiger partial charge on any atom is -0.454 e. The molecule has 0 saturated heterocycles. The van der Waals surface area contributed by atoms with Gasteiger partial charge in [0.1, 0.15) is 0 Å². The highest BCUT2D eigenvalue weighted by Gasteiger charge is 2.33. The number of carbonyl (C=O) groups excluding carboxylic acids is 1. The number of fused-ring (bicyclic) bond motifs is 1. The van der Waals surface area contributed by atoms with Gasteiger partial charge in [-0.15, -0.1) is 0 Å². The van der Waals surface area contributed by atoms with E-state index in [4.69, 9.17) is 9.47 Å². The number of amides is 1. The maximum atomic E-state index is 12.9. The van der Waals surface area contributed by atoms with Crippen LogP contribution >= 0.6 is 0 Å². The highest BCUT2D eigenvalue weighted by atomic mass is 19.4. The van der Waals surface area contributed by atoms with Crippen molar-refractivity contribution in [3.05, 3.63) is 53.6 Å². The molecular formula is C16H12F3NO3. The minimum atomic E-state index is -4.53. The monoisotopic (exact) mass is 323 g/mol. The molecule has 1 amide bonds. The van der Waals surface area contributed by atoms with Crippen molar-refractivity contribution >= 4 is 11.6 Å². The average molecular weight is 323 g/mol. The number of halogens is 3. The third kappa shape index (κ3) is 3.39. The average Bonchev–Trinajstić information content (AvgIpc) is 2.94. The summed E-state index contributed by atoms with van der Waals surface area (Å²) in [6.45, 7) is 0.115. The lowest BCUT2D eigenvalue weighted by Gasteiger charge is -2.13. The zero-order chi connectivity index (χ0) is 16.4. The number of anilines is 1. The number of carbonyl (C=O) groups is 1. The predicted octanol–water partition coefficient (Wildman–Crippen LogP) is 3.62. The molecule has 4 nitrogen and oxygen atoms in total. The van der Waals surface area contributed by atoms with Crippen LogP contribution < -0.4 is 14.8 Å². The van der Waals surface area contributed by atoms with Crippen LogP contribution in [0.25, 0.3) is 0 Å². The number of para-hydroxylation sites is 1. The number of nitrogens with one attached hydrogen (secondary N) is 1. The molecule has 1 N–H and O–H groups in total. The number of ether oxygens (including phenoxy) is 2. The first-order valence-electron chi connectivity index (χ1n) is 6.78. The Morgan fingerprint density at radius 3 is 2.61 bits per heavy atom. The van der Waals surface area contributed by atoms with Gasteiger partial charge in [0.05, 0.1) is 17.7 Å². The summed E-state index contributed by atoms with van der Waals surface area (Å²) < 4.78 is 49.0. The standard InChI is InChI=1S/C16H12F3NO3/c17-16(18,19)11-3-1-2-4-12(11)20-15(21)8-10-5-6-13-14(7-10)23-9-22-13/h1-7H,8-9H2,(H,20,21). The fourth-order valence-corrected chi connectivity index (χ4v) is 2.27. The summed E-state index contributed by atoms with van der Waals surface area (Å²) in [4.78, 5) is 12.0. The van der Waals surface area contributed by atoms with Crippen molar-refractivity contribution in [1.29, 1.82) is 0 Å². The van der Waals surface area contributed by atoms with Crippen molar-refractivity contribution < 1.29 is 27.4 Å². The molecule has 2 aromatic rings. The van der Waals surface area contributed by atoms with Crippen LogP contribution in [0, 0.1) is 0 Å². The lowest BCUT2D eigenvalue weighted by atomic mass is 10.1. The van der Waals surface area contributed by atoms with Crippen molar-refractivity contribution in [3.8, 4) is 11.5 Å². The Bertz CT molecular complexity index is 744. The molecule has 1 aliphatic rings. The Balaban J connectivity index is 1.73. The highest BCUT2D eigenvalue weighted by molar-refractivity contribution is 5.93. The van der Waals surface area contributed by atoms with Crippen molar-refractivity contribution in [2.24, 2.45) is 0 Å². The van der Waals surface area contributed by atoms with Crippen LogP contribution in [0.2, 0.25) is 0 Å². The molecule has 0 fully saturated rings. The summed E-state index contributed by atoms with van der Waals surface area (Å²) in [5.41, 5.74) is -0.513. The molecule has 0 aliphatic carbocycles. The Kier molecular flexibility index (Phi) is 3.85. The molecule has 0 radical (unpaired) electrons. The van der Waals surface area contributed by atoms with Gasteiger partial charge in [-0.25, -0.2) is 0 Å². The van der Waals surface area contributed by atoms with Crippen LogP contribution in [-0.4, -0.2) is 12.7 Å². The van der Waals surface area contributed by atoms with Gasteiger partial charge in [-0.1, -0.05) is 18.2 Å². The van der Waals surface area contributed by atoms with Crippen molar-refractivity contribution in [3.63, 3.8) is 0 Å². The zero-order valence-electron chi connectivity index (χ0n) is 11.8. The van der Waals surface area contributed by atoms with Crippen LogP contribution in [0.15, 0.2) is 42.5 Å². The second kappa shape index (κ2) is 5.83. The van der Waals surface area contributed by atoms with Gasteiger partial charge in [-0.2, -0.15) is 13.2 Å². The van der Waals surface area contributed by atoms with Crippen LogP contribution in [0.1, 0.15) is 11.1 Å². The number of rotatable bonds is 3. The highest BCUT2D eigenvalue weighted by Crippen LogP contribution is 2.35. The number of benzene rings is 2. The second-order valence-electron chi connectivity index (χ2n) is 4.96. The first-order chi connectivity index (χ1) is 10.9. The van der Waals surface area contributed by atoms with Crippen LogP contribution in [0.3, 0.4) is 0 Å². The molecule has 7 heteroatoms. The zero-order valence-corrected chi connectivity index (χ0v) is 11.8. The Labute approximate surface area is 129 Å². The molecular weight excluding hydrogens is 311 g/mol. The van der Waals surface area contributed by atoms with Gasteiger partial charge < -0.3 is 14.8 Å². The predicted molar refractivity (Wildman–Crippen MR) is 76.3 cm³/mol. The molecule has 2 aromatic carbocycles. The van der Waals surface area contributed by atoms with Gasteiger partial charge >= 0.3 is 6.18 Å². The van der Waals surface area contributed by atoms with E-state index in [0.717, 1.165) is 6.07 Å². The van der Waals surface area contributed by atoms with Gasteiger partial charge in [0, 0.05) is 0 Å². The molecule has 120 valence electrons. The molecule has 0 saturated carbocycles. The summed E-state index contributed by atoms with van der Waals surface area (Å²) in [5.74, 6) is 0.558. The first-order valence-corrected chi connectivity index (χ1v) is 6.78. The molecule has 0 aromatic heterocycles. The summed E-state index contributed by atoms with van der Waals surface area (Å²) in [6, 6.07) is 9.83. The molecule has 23 heavy (non-hydrogen) atoms. The lowest BCUT2D eigenvalue weighted by Crippen LogP contribution is -2.18.